The minimum atomic E-state index is -3.07. The maximum Gasteiger partial charge on any atom is 0.211 e. The van der Waals surface area contributed by atoms with Crippen molar-refractivity contribution in [2.45, 2.75) is 26.3 Å². The second kappa shape index (κ2) is 8.48. The Morgan fingerprint density at radius 1 is 1.50 bits per heavy atom. The Morgan fingerprint density at radius 3 is 2.75 bits per heavy atom. The molecule has 1 saturated heterocycles. The van der Waals surface area contributed by atoms with Crippen LogP contribution in [0.15, 0.2) is 21.8 Å². The number of aliphatic imine (C=N–C) groups is 1. The normalized spacial score (nSPS) is 17.9. The maximum atomic E-state index is 11.6. The van der Waals surface area contributed by atoms with Crippen LogP contribution in [-0.2, 0) is 16.6 Å². The van der Waals surface area contributed by atoms with E-state index in [1.165, 1.54) is 6.26 Å². The molecule has 2 heterocycles. The Morgan fingerprint density at radius 2 is 2.21 bits per heavy atom. The standard InChI is InChI=1S/C15H27N5O3S/c1-4-16-15(19(2)12-14-7-10-23-18-14)17-11-13-5-8-20(9-6-13)24(3,21)22/h7,10,13H,4-6,8-9,11-12H2,1-3H3,(H,16,17). The summed E-state index contributed by atoms with van der Waals surface area (Å²) in [5, 5.41) is 7.20. The van der Waals surface area contributed by atoms with Crippen LogP contribution < -0.4 is 5.32 Å². The molecule has 0 saturated carbocycles. The van der Waals surface area contributed by atoms with Gasteiger partial charge in [0.1, 0.15) is 12.0 Å². The molecular weight excluding hydrogens is 330 g/mol. The average Bonchev–Trinajstić information content (AvgIpc) is 3.03. The lowest BCUT2D eigenvalue weighted by Gasteiger charge is -2.29. The molecule has 1 aromatic heterocycles. The van der Waals surface area contributed by atoms with Crippen LogP contribution in [0.1, 0.15) is 25.5 Å². The zero-order valence-electron chi connectivity index (χ0n) is 14.6. The molecule has 1 fully saturated rings. The van der Waals surface area contributed by atoms with Crippen LogP contribution in [0.3, 0.4) is 0 Å². The van der Waals surface area contributed by atoms with Crippen molar-refractivity contribution in [2.75, 3.05) is 39.5 Å². The first-order valence-electron chi connectivity index (χ1n) is 8.24. The number of guanidine groups is 1. The molecular formula is C15H27N5O3S. The predicted octanol–water partition coefficient (Wildman–Crippen LogP) is 0.744. The van der Waals surface area contributed by atoms with Gasteiger partial charge in [0.15, 0.2) is 5.96 Å². The van der Waals surface area contributed by atoms with E-state index in [0.29, 0.717) is 32.1 Å². The van der Waals surface area contributed by atoms with Gasteiger partial charge in [-0.15, -0.1) is 0 Å². The van der Waals surface area contributed by atoms with Gasteiger partial charge in [-0.05, 0) is 25.7 Å². The Bertz CT molecular complexity index is 622. The van der Waals surface area contributed by atoms with E-state index in [1.807, 2.05) is 24.9 Å². The van der Waals surface area contributed by atoms with Crippen LogP contribution in [0.5, 0.6) is 0 Å². The number of piperidine rings is 1. The quantitative estimate of drug-likeness (QED) is 0.597. The molecule has 136 valence electrons. The predicted molar refractivity (Wildman–Crippen MR) is 93.1 cm³/mol. The summed E-state index contributed by atoms with van der Waals surface area (Å²) in [5.41, 5.74) is 0.851. The molecule has 1 aliphatic rings. The van der Waals surface area contributed by atoms with Gasteiger partial charge in [0.05, 0.1) is 12.8 Å². The SMILES string of the molecule is CCNC(=NCC1CCN(S(C)(=O)=O)CC1)N(C)Cc1ccon1. The van der Waals surface area contributed by atoms with E-state index in [2.05, 4.69) is 10.5 Å². The van der Waals surface area contributed by atoms with Gasteiger partial charge in [-0.2, -0.15) is 0 Å². The van der Waals surface area contributed by atoms with Crippen LogP contribution in [0.2, 0.25) is 0 Å². The highest BCUT2D eigenvalue weighted by molar-refractivity contribution is 7.88. The van der Waals surface area contributed by atoms with Crippen molar-refractivity contribution in [1.29, 1.82) is 0 Å². The molecule has 0 aliphatic carbocycles. The van der Waals surface area contributed by atoms with Gasteiger partial charge >= 0.3 is 0 Å². The van der Waals surface area contributed by atoms with Gasteiger partial charge in [-0.3, -0.25) is 4.99 Å². The summed E-state index contributed by atoms with van der Waals surface area (Å²) >= 11 is 0. The van der Waals surface area contributed by atoms with E-state index < -0.39 is 10.0 Å². The molecule has 1 N–H and O–H groups in total. The van der Waals surface area contributed by atoms with Crippen molar-refractivity contribution in [3.63, 3.8) is 0 Å². The fraction of sp³-hybridized carbons (Fsp3) is 0.733. The Kier molecular flexibility index (Phi) is 6.61. The highest BCUT2D eigenvalue weighted by Crippen LogP contribution is 2.19. The number of aromatic nitrogens is 1. The number of sulfonamides is 1. The number of nitrogens with zero attached hydrogens (tertiary/aromatic N) is 4. The summed E-state index contributed by atoms with van der Waals surface area (Å²) in [6.07, 6.45) is 4.53. The van der Waals surface area contributed by atoms with Crippen LogP contribution in [0.4, 0.5) is 0 Å². The summed E-state index contributed by atoms with van der Waals surface area (Å²) in [5.74, 6) is 1.24. The first kappa shape index (κ1) is 18.7. The van der Waals surface area contributed by atoms with Gasteiger partial charge in [0.2, 0.25) is 10.0 Å². The second-order valence-electron chi connectivity index (χ2n) is 6.15. The van der Waals surface area contributed by atoms with Crippen LogP contribution >= 0.6 is 0 Å². The summed E-state index contributed by atoms with van der Waals surface area (Å²) < 4.78 is 29.5. The fourth-order valence-electron chi connectivity index (χ4n) is 2.75. The van der Waals surface area contributed by atoms with Crippen molar-refractivity contribution in [1.82, 2.24) is 19.7 Å². The zero-order chi connectivity index (χ0) is 17.6. The van der Waals surface area contributed by atoms with E-state index in [0.717, 1.165) is 31.0 Å². The summed E-state index contributed by atoms with van der Waals surface area (Å²) in [4.78, 5) is 6.72. The second-order valence-corrected chi connectivity index (χ2v) is 8.13. The van der Waals surface area contributed by atoms with Crippen molar-refractivity contribution in [2.24, 2.45) is 10.9 Å². The number of rotatable bonds is 6. The molecule has 0 atom stereocenters. The van der Waals surface area contributed by atoms with Gasteiger partial charge in [-0.1, -0.05) is 5.16 Å². The molecule has 0 bridgehead atoms. The molecule has 1 aliphatic heterocycles. The number of nitrogens with one attached hydrogen (secondary N) is 1. The highest BCUT2D eigenvalue weighted by Gasteiger charge is 2.24. The Balaban J connectivity index is 1.89. The minimum absolute atomic E-state index is 0.414. The Labute approximate surface area is 143 Å². The Hall–Kier alpha value is -1.61. The lowest BCUT2D eigenvalue weighted by Crippen LogP contribution is -2.40. The fourth-order valence-corrected chi connectivity index (χ4v) is 3.62. The molecule has 0 amide bonds. The van der Waals surface area contributed by atoms with Crippen molar-refractivity contribution in [3.8, 4) is 0 Å². The molecule has 0 aromatic carbocycles. The molecule has 9 heteroatoms. The van der Waals surface area contributed by atoms with Crippen molar-refractivity contribution >= 4 is 16.0 Å². The monoisotopic (exact) mass is 357 g/mol. The number of hydrogen-bond acceptors (Lipinski definition) is 5. The van der Waals surface area contributed by atoms with Gasteiger partial charge < -0.3 is 14.7 Å². The molecule has 1 aromatic rings. The maximum absolute atomic E-state index is 11.6. The van der Waals surface area contributed by atoms with Crippen molar-refractivity contribution < 1.29 is 12.9 Å². The molecule has 24 heavy (non-hydrogen) atoms. The summed E-state index contributed by atoms with van der Waals surface area (Å²) in [6, 6.07) is 1.83. The van der Waals surface area contributed by atoms with Gasteiger partial charge in [0, 0.05) is 39.3 Å². The molecule has 0 unspecified atom stereocenters. The third-order valence-corrected chi connectivity index (χ3v) is 5.43. The van der Waals surface area contributed by atoms with E-state index in [-0.39, 0.29) is 0 Å². The third kappa shape index (κ3) is 5.48. The molecule has 8 nitrogen and oxygen atoms in total. The lowest BCUT2D eigenvalue weighted by molar-refractivity contribution is 0.279. The largest absolute Gasteiger partial charge is 0.364 e. The van der Waals surface area contributed by atoms with Gasteiger partial charge in [-0.25, -0.2) is 12.7 Å². The third-order valence-electron chi connectivity index (χ3n) is 4.13. The number of hydrogen-bond donors (Lipinski definition) is 1. The van der Waals surface area contributed by atoms with Crippen LogP contribution in [-0.4, -0.2) is 68.2 Å². The lowest BCUT2D eigenvalue weighted by atomic mass is 9.98. The summed E-state index contributed by atoms with van der Waals surface area (Å²) in [6.45, 7) is 5.31. The smallest absolute Gasteiger partial charge is 0.211 e. The van der Waals surface area contributed by atoms with Crippen molar-refractivity contribution in [3.05, 3.63) is 18.0 Å². The average molecular weight is 357 g/mol. The van der Waals surface area contributed by atoms with E-state index in [4.69, 9.17) is 9.52 Å². The topological polar surface area (TPSA) is 91.0 Å². The van der Waals surface area contributed by atoms with Crippen LogP contribution in [0, 0.1) is 5.92 Å². The molecule has 0 radical (unpaired) electrons. The zero-order valence-corrected chi connectivity index (χ0v) is 15.4. The first-order valence-corrected chi connectivity index (χ1v) is 10.1. The van der Waals surface area contributed by atoms with E-state index in [9.17, 15) is 8.42 Å². The minimum Gasteiger partial charge on any atom is -0.364 e. The molecule has 0 spiro atoms. The van der Waals surface area contributed by atoms with Crippen LogP contribution in [0.25, 0.3) is 0 Å². The van der Waals surface area contributed by atoms with E-state index >= 15 is 0 Å². The van der Waals surface area contributed by atoms with E-state index in [1.54, 1.807) is 10.6 Å². The first-order chi connectivity index (χ1) is 11.4. The highest BCUT2D eigenvalue weighted by atomic mass is 32.2. The molecule has 2 rings (SSSR count). The van der Waals surface area contributed by atoms with Gasteiger partial charge in [0.25, 0.3) is 0 Å². The summed E-state index contributed by atoms with van der Waals surface area (Å²) in [7, 11) is -1.11.